The van der Waals surface area contributed by atoms with Crippen LogP contribution in [0, 0.1) is 13.8 Å². The summed E-state index contributed by atoms with van der Waals surface area (Å²) in [6.45, 7) is 3.93. The number of nitrogens with zero attached hydrogens (tertiary/aromatic N) is 3. The number of hydrogen-bond donors (Lipinski definition) is 1. The second-order valence-corrected chi connectivity index (χ2v) is 10.5. The maximum Gasteiger partial charge on any atom is 0.279 e. The number of amides is 4. The third-order valence-corrected chi connectivity index (χ3v) is 8.24. The number of fused-ring (bicyclic) bond motifs is 4. The van der Waals surface area contributed by atoms with Crippen molar-refractivity contribution in [3.05, 3.63) is 124 Å². The van der Waals surface area contributed by atoms with Gasteiger partial charge in [0.15, 0.2) is 0 Å². The molecule has 0 saturated carbocycles. The van der Waals surface area contributed by atoms with E-state index in [1.807, 2.05) is 62.4 Å². The number of imide groups is 1. The van der Waals surface area contributed by atoms with E-state index >= 15 is 0 Å². The number of aryl methyl sites for hydroxylation is 2. The number of rotatable bonds is 4. The monoisotopic (exact) mass is 542 g/mol. The molecule has 1 unspecified atom stereocenters. The predicted molar refractivity (Wildman–Crippen MR) is 155 cm³/mol. The van der Waals surface area contributed by atoms with Gasteiger partial charge in [-0.05, 0) is 55.3 Å². The number of para-hydroxylation sites is 3. The molecule has 202 valence electrons. The number of hydrogen-bond acceptors (Lipinski definition) is 5. The van der Waals surface area contributed by atoms with Crippen molar-refractivity contribution in [2.75, 3.05) is 28.2 Å². The number of nitrogens with one attached hydrogen (secondary N) is 1. The number of carbonyl (C=O) groups excluding carboxylic acids is 4. The Balaban J connectivity index is 1.35. The highest BCUT2D eigenvalue weighted by atomic mass is 16.2. The Kier molecular flexibility index (Phi) is 5.37. The molecule has 3 aliphatic heterocycles. The second kappa shape index (κ2) is 8.89. The minimum Gasteiger partial charge on any atom is -0.350 e. The van der Waals surface area contributed by atoms with Crippen molar-refractivity contribution in [1.29, 1.82) is 0 Å². The number of benzene rings is 4. The average molecular weight is 543 g/mol. The van der Waals surface area contributed by atoms with Gasteiger partial charge in [-0.3, -0.25) is 29.0 Å². The Morgan fingerprint density at radius 1 is 0.610 bits per heavy atom. The largest absolute Gasteiger partial charge is 0.350 e. The van der Waals surface area contributed by atoms with Crippen LogP contribution in [0.1, 0.15) is 47.8 Å². The first-order valence-electron chi connectivity index (χ1n) is 13.5. The fraction of sp³-hybridized carbons (Fsp3) is 0.152. The molecule has 4 aromatic rings. The summed E-state index contributed by atoms with van der Waals surface area (Å²) < 4.78 is 0. The van der Waals surface area contributed by atoms with Crippen LogP contribution in [0.25, 0.3) is 0 Å². The summed E-state index contributed by atoms with van der Waals surface area (Å²) in [7, 11) is 0. The van der Waals surface area contributed by atoms with Crippen LogP contribution in [-0.4, -0.2) is 41.6 Å². The Morgan fingerprint density at radius 2 is 1.17 bits per heavy atom. The SMILES string of the molecule is Cc1cccc(C)c1N1C(=O)c2ccccc2NC12C(=O)N(CCN1C(=O)c3ccccc3C1=O)c1ccccc12. The van der Waals surface area contributed by atoms with Gasteiger partial charge in [-0.2, -0.15) is 0 Å². The molecule has 0 radical (unpaired) electrons. The van der Waals surface area contributed by atoms with Crippen molar-refractivity contribution < 1.29 is 19.2 Å². The van der Waals surface area contributed by atoms with E-state index < -0.39 is 5.66 Å². The van der Waals surface area contributed by atoms with Crippen molar-refractivity contribution in [1.82, 2.24) is 4.90 Å². The van der Waals surface area contributed by atoms with Gasteiger partial charge in [-0.15, -0.1) is 0 Å². The highest BCUT2D eigenvalue weighted by Gasteiger charge is 2.60. The Morgan fingerprint density at radius 3 is 1.85 bits per heavy atom. The van der Waals surface area contributed by atoms with Crippen LogP contribution in [0.5, 0.6) is 0 Å². The van der Waals surface area contributed by atoms with Gasteiger partial charge >= 0.3 is 0 Å². The van der Waals surface area contributed by atoms with E-state index in [2.05, 4.69) is 5.32 Å². The molecular formula is C33H26N4O4. The first-order valence-corrected chi connectivity index (χ1v) is 13.5. The van der Waals surface area contributed by atoms with Gasteiger partial charge in [0.2, 0.25) is 5.66 Å². The quantitative estimate of drug-likeness (QED) is 0.372. The summed E-state index contributed by atoms with van der Waals surface area (Å²) in [5.41, 5.74) is 3.79. The Hall–Kier alpha value is -5.24. The molecule has 8 heteroatoms. The average Bonchev–Trinajstić information content (AvgIpc) is 3.36. The molecule has 1 N–H and O–H groups in total. The van der Waals surface area contributed by atoms with Gasteiger partial charge in [0.1, 0.15) is 0 Å². The molecule has 0 saturated heterocycles. The van der Waals surface area contributed by atoms with Gasteiger partial charge < -0.3 is 10.2 Å². The van der Waals surface area contributed by atoms with Crippen molar-refractivity contribution in [3.8, 4) is 0 Å². The topological polar surface area (TPSA) is 90.0 Å². The van der Waals surface area contributed by atoms with Crippen LogP contribution in [0.15, 0.2) is 91.0 Å². The summed E-state index contributed by atoms with van der Waals surface area (Å²) in [6.07, 6.45) is 0. The maximum absolute atomic E-state index is 14.8. The molecule has 8 nitrogen and oxygen atoms in total. The lowest BCUT2D eigenvalue weighted by Crippen LogP contribution is -2.63. The molecule has 0 fully saturated rings. The Labute approximate surface area is 236 Å². The van der Waals surface area contributed by atoms with Gasteiger partial charge in [-0.25, -0.2) is 0 Å². The van der Waals surface area contributed by atoms with E-state index in [1.165, 1.54) is 4.90 Å². The molecule has 4 amide bonds. The molecule has 4 aromatic carbocycles. The van der Waals surface area contributed by atoms with E-state index in [4.69, 9.17) is 0 Å². The van der Waals surface area contributed by atoms with Gasteiger partial charge in [0.05, 0.1) is 28.1 Å². The zero-order valence-electron chi connectivity index (χ0n) is 22.5. The summed E-state index contributed by atoms with van der Waals surface area (Å²) in [4.78, 5) is 59.6. The zero-order valence-corrected chi connectivity index (χ0v) is 22.5. The maximum atomic E-state index is 14.8. The summed E-state index contributed by atoms with van der Waals surface area (Å²) in [6, 6.07) is 27.1. The van der Waals surface area contributed by atoms with E-state index in [9.17, 15) is 19.2 Å². The molecule has 0 aromatic heterocycles. The molecular weight excluding hydrogens is 516 g/mol. The number of carbonyl (C=O) groups is 4. The highest BCUT2D eigenvalue weighted by molar-refractivity contribution is 6.23. The smallest absolute Gasteiger partial charge is 0.279 e. The molecule has 0 bridgehead atoms. The lowest BCUT2D eigenvalue weighted by atomic mass is 9.90. The predicted octanol–water partition coefficient (Wildman–Crippen LogP) is 4.87. The molecule has 7 rings (SSSR count). The van der Waals surface area contributed by atoms with Crippen molar-refractivity contribution in [3.63, 3.8) is 0 Å². The standard InChI is InChI=1S/C33H26N4O4/c1-20-10-9-11-21(2)28(20)37-31(40)24-14-5-7-16-26(24)34-33(37)25-15-6-8-17-27(25)35(32(33)41)18-19-36-29(38)22-12-3-4-13-23(22)30(36)39/h3-17,34H,18-19H2,1-2H3. The van der Waals surface area contributed by atoms with Crippen molar-refractivity contribution in [2.24, 2.45) is 0 Å². The molecule has 3 heterocycles. The molecule has 41 heavy (non-hydrogen) atoms. The highest BCUT2D eigenvalue weighted by Crippen LogP contribution is 2.50. The van der Waals surface area contributed by atoms with Gasteiger partial charge in [0, 0.05) is 24.3 Å². The van der Waals surface area contributed by atoms with Gasteiger partial charge in [0.25, 0.3) is 23.6 Å². The van der Waals surface area contributed by atoms with Crippen LogP contribution in [0.4, 0.5) is 17.1 Å². The summed E-state index contributed by atoms with van der Waals surface area (Å²) >= 11 is 0. The minimum absolute atomic E-state index is 0.0103. The van der Waals surface area contributed by atoms with Crippen molar-refractivity contribution >= 4 is 40.7 Å². The summed E-state index contributed by atoms with van der Waals surface area (Å²) in [5.74, 6) is -1.41. The van der Waals surface area contributed by atoms with Crippen LogP contribution in [0.2, 0.25) is 0 Å². The normalized spacial score (nSPS) is 19.0. The van der Waals surface area contributed by atoms with Crippen LogP contribution < -0.4 is 15.1 Å². The molecule has 0 aliphatic carbocycles. The van der Waals surface area contributed by atoms with E-state index in [1.54, 1.807) is 52.3 Å². The fourth-order valence-corrected chi connectivity index (χ4v) is 6.37. The molecule has 1 spiro atoms. The Bertz CT molecular complexity index is 1760. The van der Waals surface area contributed by atoms with Crippen LogP contribution >= 0.6 is 0 Å². The molecule has 3 aliphatic rings. The van der Waals surface area contributed by atoms with E-state index in [0.717, 1.165) is 11.1 Å². The lowest BCUT2D eigenvalue weighted by Gasteiger charge is -2.46. The van der Waals surface area contributed by atoms with Crippen LogP contribution in [0.3, 0.4) is 0 Å². The third kappa shape index (κ3) is 3.34. The second-order valence-electron chi connectivity index (χ2n) is 10.5. The fourth-order valence-electron chi connectivity index (χ4n) is 6.37. The van der Waals surface area contributed by atoms with E-state index in [0.29, 0.717) is 39.3 Å². The summed E-state index contributed by atoms with van der Waals surface area (Å²) in [5, 5.41) is 3.47. The van der Waals surface area contributed by atoms with E-state index in [-0.39, 0.29) is 36.7 Å². The first kappa shape index (κ1) is 24.8. The minimum atomic E-state index is -1.57. The number of anilines is 3. The third-order valence-electron chi connectivity index (χ3n) is 8.24. The molecule has 1 atom stereocenters. The van der Waals surface area contributed by atoms with Crippen LogP contribution in [-0.2, 0) is 10.5 Å². The first-order chi connectivity index (χ1) is 19.8. The zero-order chi connectivity index (χ0) is 28.5. The van der Waals surface area contributed by atoms with Crippen molar-refractivity contribution in [2.45, 2.75) is 19.5 Å². The lowest BCUT2D eigenvalue weighted by molar-refractivity contribution is -0.122. The van der Waals surface area contributed by atoms with Gasteiger partial charge in [-0.1, -0.05) is 60.7 Å².